The molecule has 0 aliphatic carbocycles. The molecule has 20 heavy (non-hydrogen) atoms. The van der Waals surface area contributed by atoms with Crippen molar-refractivity contribution in [1.82, 2.24) is 4.98 Å². The van der Waals surface area contributed by atoms with E-state index in [1.807, 2.05) is 0 Å². The largest absolute Gasteiger partial charge is 0.496 e. The Bertz CT molecular complexity index is 639. The smallest absolute Gasteiger partial charge is 0.295 e. The van der Waals surface area contributed by atoms with Crippen molar-refractivity contribution >= 4 is 17.3 Å². The summed E-state index contributed by atoms with van der Waals surface area (Å²) in [6, 6.07) is 7.73. The highest BCUT2D eigenvalue weighted by molar-refractivity contribution is 6.29. The van der Waals surface area contributed by atoms with Crippen LogP contribution in [0, 0.1) is 10.1 Å². The third kappa shape index (κ3) is 2.50. The van der Waals surface area contributed by atoms with Gasteiger partial charge >= 0.3 is 0 Å². The number of benzene rings is 1. The average Bonchev–Trinajstić information content (AvgIpc) is 2.45. The van der Waals surface area contributed by atoms with Gasteiger partial charge in [-0.3, -0.25) is 10.1 Å². The van der Waals surface area contributed by atoms with Crippen LogP contribution >= 0.6 is 11.6 Å². The molecule has 1 heterocycles. The molecule has 0 saturated heterocycles. The Kier molecular flexibility index (Phi) is 4.05. The Morgan fingerprint density at radius 2 is 1.75 bits per heavy atom. The first-order valence-corrected chi connectivity index (χ1v) is 5.98. The summed E-state index contributed by atoms with van der Waals surface area (Å²) in [6.45, 7) is 0. The molecule has 0 bridgehead atoms. The highest BCUT2D eigenvalue weighted by Crippen LogP contribution is 2.41. The number of rotatable bonds is 4. The molecule has 0 radical (unpaired) electrons. The number of aromatic nitrogens is 1. The van der Waals surface area contributed by atoms with Crippen molar-refractivity contribution in [1.29, 1.82) is 0 Å². The fourth-order valence-corrected chi connectivity index (χ4v) is 1.99. The number of hydrogen-bond acceptors (Lipinski definition) is 5. The zero-order valence-electron chi connectivity index (χ0n) is 10.8. The third-order valence-electron chi connectivity index (χ3n) is 2.70. The van der Waals surface area contributed by atoms with Crippen molar-refractivity contribution in [3.63, 3.8) is 0 Å². The van der Waals surface area contributed by atoms with Crippen molar-refractivity contribution in [2.24, 2.45) is 0 Å². The second-order valence-electron chi connectivity index (χ2n) is 3.80. The Balaban J connectivity index is 2.79. The fraction of sp³-hybridized carbons (Fsp3) is 0.154. The van der Waals surface area contributed by atoms with E-state index in [0.717, 1.165) is 0 Å². The highest BCUT2D eigenvalue weighted by Gasteiger charge is 2.24. The van der Waals surface area contributed by atoms with Crippen LogP contribution in [0.4, 0.5) is 5.69 Å². The maximum Gasteiger partial charge on any atom is 0.295 e. The van der Waals surface area contributed by atoms with E-state index in [-0.39, 0.29) is 16.5 Å². The van der Waals surface area contributed by atoms with E-state index in [2.05, 4.69) is 4.98 Å². The van der Waals surface area contributed by atoms with Crippen molar-refractivity contribution in [3.8, 4) is 22.8 Å². The first-order chi connectivity index (χ1) is 9.58. The molecule has 6 nitrogen and oxygen atoms in total. The number of hydrogen-bond donors (Lipinski definition) is 0. The van der Waals surface area contributed by atoms with E-state index in [4.69, 9.17) is 21.1 Å². The van der Waals surface area contributed by atoms with Gasteiger partial charge in [0.25, 0.3) is 5.69 Å². The molecule has 1 aromatic heterocycles. The van der Waals surface area contributed by atoms with Gasteiger partial charge in [-0.15, -0.1) is 0 Å². The Hall–Kier alpha value is -2.34. The third-order valence-corrected chi connectivity index (χ3v) is 2.91. The molecule has 104 valence electrons. The van der Waals surface area contributed by atoms with Crippen LogP contribution in [0.5, 0.6) is 11.5 Å². The second-order valence-corrected chi connectivity index (χ2v) is 4.18. The number of ether oxygens (including phenoxy) is 2. The quantitative estimate of drug-likeness (QED) is 0.491. The second kappa shape index (κ2) is 5.75. The van der Waals surface area contributed by atoms with Gasteiger partial charge in [-0.25, -0.2) is 4.98 Å². The van der Waals surface area contributed by atoms with Gasteiger partial charge in [0, 0.05) is 6.07 Å². The summed E-state index contributed by atoms with van der Waals surface area (Å²) in [5, 5.41) is 11.3. The van der Waals surface area contributed by atoms with Crippen LogP contribution < -0.4 is 9.47 Å². The minimum atomic E-state index is -0.523. The molecule has 0 unspecified atom stereocenters. The van der Waals surface area contributed by atoms with Gasteiger partial charge < -0.3 is 9.47 Å². The molecule has 0 atom stereocenters. The lowest BCUT2D eigenvalue weighted by molar-refractivity contribution is -0.384. The molecule has 1 aromatic carbocycles. The summed E-state index contributed by atoms with van der Waals surface area (Å²) in [7, 11) is 2.93. The van der Waals surface area contributed by atoms with Crippen LogP contribution in [0.2, 0.25) is 5.15 Å². The van der Waals surface area contributed by atoms with Crippen molar-refractivity contribution in [2.75, 3.05) is 14.2 Å². The normalized spacial score (nSPS) is 10.2. The average molecular weight is 295 g/mol. The number of methoxy groups -OCH3 is 2. The van der Waals surface area contributed by atoms with Gasteiger partial charge in [-0.2, -0.15) is 0 Å². The maximum atomic E-state index is 11.1. The lowest BCUT2D eigenvalue weighted by Gasteiger charge is -2.12. The Morgan fingerprint density at radius 3 is 2.25 bits per heavy atom. The first kappa shape index (κ1) is 14.1. The monoisotopic (exact) mass is 294 g/mol. The van der Waals surface area contributed by atoms with Crippen molar-refractivity contribution in [2.45, 2.75) is 0 Å². The zero-order valence-corrected chi connectivity index (χ0v) is 11.5. The van der Waals surface area contributed by atoms with E-state index in [9.17, 15) is 10.1 Å². The van der Waals surface area contributed by atoms with E-state index >= 15 is 0 Å². The summed E-state index contributed by atoms with van der Waals surface area (Å²) in [5.74, 6) is 0.837. The predicted molar refractivity (Wildman–Crippen MR) is 74.4 cm³/mol. The molecule has 0 saturated carbocycles. The lowest BCUT2D eigenvalue weighted by Crippen LogP contribution is -1.99. The number of halogens is 1. The summed E-state index contributed by atoms with van der Waals surface area (Å²) in [5.41, 5.74) is 0.334. The van der Waals surface area contributed by atoms with Crippen LogP contribution in [-0.2, 0) is 0 Å². The van der Waals surface area contributed by atoms with E-state index < -0.39 is 4.92 Å². The van der Waals surface area contributed by atoms with Gasteiger partial charge in [0.1, 0.15) is 16.7 Å². The summed E-state index contributed by atoms with van der Waals surface area (Å²) >= 11 is 5.85. The highest BCUT2D eigenvalue weighted by atomic mass is 35.5. The molecule has 0 aliphatic heterocycles. The molecule has 2 rings (SSSR count). The van der Waals surface area contributed by atoms with Crippen LogP contribution in [0.3, 0.4) is 0 Å². The van der Waals surface area contributed by atoms with Crippen LogP contribution in [0.15, 0.2) is 30.3 Å². The van der Waals surface area contributed by atoms with Gasteiger partial charge in [0.05, 0.1) is 24.7 Å². The SMILES string of the molecule is COc1cccc(OC)c1-c1nc(Cl)ccc1[N+](=O)[O-]. The van der Waals surface area contributed by atoms with Crippen LogP contribution in [-0.4, -0.2) is 24.1 Å². The molecule has 7 heteroatoms. The first-order valence-electron chi connectivity index (χ1n) is 5.60. The van der Waals surface area contributed by atoms with E-state index in [1.165, 1.54) is 26.4 Å². The zero-order chi connectivity index (χ0) is 14.7. The molecule has 0 N–H and O–H groups in total. The topological polar surface area (TPSA) is 74.5 Å². The molecule has 0 spiro atoms. The fourth-order valence-electron chi connectivity index (χ4n) is 1.84. The molecule has 0 amide bonds. The van der Waals surface area contributed by atoms with Gasteiger partial charge in [-0.05, 0) is 18.2 Å². The van der Waals surface area contributed by atoms with E-state index in [0.29, 0.717) is 17.1 Å². The van der Waals surface area contributed by atoms with Crippen LogP contribution in [0.1, 0.15) is 0 Å². The number of pyridine rings is 1. The molecule has 0 aliphatic rings. The molecular formula is C13H11ClN2O4. The summed E-state index contributed by atoms with van der Waals surface area (Å²) in [6.07, 6.45) is 0. The number of nitrogens with zero attached hydrogens (tertiary/aromatic N) is 2. The summed E-state index contributed by atoms with van der Waals surface area (Å²) in [4.78, 5) is 14.7. The van der Waals surface area contributed by atoms with Crippen LogP contribution in [0.25, 0.3) is 11.3 Å². The van der Waals surface area contributed by atoms with Gasteiger partial charge in [0.15, 0.2) is 5.69 Å². The maximum absolute atomic E-state index is 11.1. The standard InChI is InChI=1S/C13H11ClN2O4/c1-19-9-4-3-5-10(20-2)12(9)13-8(16(17)18)6-7-11(14)15-13/h3-7H,1-2H3. The molecule has 0 fully saturated rings. The van der Waals surface area contributed by atoms with Gasteiger partial charge in [0.2, 0.25) is 0 Å². The Labute approximate surface area is 120 Å². The number of nitro groups is 1. The lowest BCUT2D eigenvalue weighted by atomic mass is 10.1. The van der Waals surface area contributed by atoms with E-state index in [1.54, 1.807) is 18.2 Å². The van der Waals surface area contributed by atoms with Gasteiger partial charge in [-0.1, -0.05) is 17.7 Å². The minimum Gasteiger partial charge on any atom is -0.496 e. The minimum absolute atomic E-state index is 0.108. The van der Waals surface area contributed by atoms with Crippen molar-refractivity contribution in [3.05, 3.63) is 45.6 Å². The molecular weight excluding hydrogens is 284 g/mol. The molecule has 2 aromatic rings. The predicted octanol–water partition coefficient (Wildman–Crippen LogP) is 3.33. The Morgan fingerprint density at radius 1 is 1.15 bits per heavy atom. The summed E-state index contributed by atoms with van der Waals surface area (Å²) < 4.78 is 10.5. The van der Waals surface area contributed by atoms with Crippen molar-refractivity contribution < 1.29 is 14.4 Å².